The molecule has 2 saturated heterocycles. The highest BCUT2D eigenvalue weighted by molar-refractivity contribution is 6.46. The molecule has 0 aromatic heterocycles. The number of nitrogens with zero attached hydrogens (tertiary/aromatic N) is 1. The molecule has 1 N–H and O–H groups in total. The summed E-state index contributed by atoms with van der Waals surface area (Å²) in [5, 5.41) is 11.4. The fourth-order valence-corrected chi connectivity index (χ4v) is 4.89. The highest BCUT2D eigenvalue weighted by Gasteiger charge is 2.47. The zero-order valence-corrected chi connectivity index (χ0v) is 23.3. The summed E-state index contributed by atoms with van der Waals surface area (Å²) in [6.45, 7) is 8.29. The molecular weight excluding hydrogens is 498 g/mol. The second kappa shape index (κ2) is 13.0. The zero-order valence-electron chi connectivity index (χ0n) is 23.3. The van der Waals surface area contributed by atoms with Crippen LogP contribution in [0.5, 0.6) is 17.2 Å². The van der Waals surface area contributed by atoms with Crippen LogP contribution in [0.15, 0.2) is 48.0 Å². The van der Waals surface area contributed by atoms with Crippen LogP contribution in [0.4, 0.5) is 0 Å². The number of aliphatic hydroxyl groups is 1. The van der Waals surface area contributed by atoms with E-state index in [0.29, 0.717) is 54.1 Å². The van der Waals surface area contributed by atoms with Gasteiger partial charge in [0.1, 0.15) is 11.5 Å². The molecule has 0 radical (unpaired) electrons. The van der Waals surface area contributed by atoms with E-state index in [1.165, 1.54) is 4.90 Å². The maximum absolute atomic E-state index is 13.4. The van der Waals surface area contributed by atoms with Gasteiger partial charge in [-0.1, -0.05) is 26.8 Å². The molecule has 0 aliphatic carbocycles. The number of ketones is 1. The lowest BCUT2D eigenvalue weighted by Gasteiger charge is -2.28. The summed E-state index contributed by atoms with van der Waals surface area (Å²) < 4.78 is 23.0. The first kappa shape index (κ1) is 28.5. The molecule has 2 aliphatic rings. The van der Waals surface area contributed by atoms with Gasteiger partial charge in [-0.15, -0.1) is 0 Å². The number of methoxy groups -OCH3 is 1. The van der Waals surface area contributed by atoms with E-state index in [1.54, 1.807) is 43.5 Å². The van der Waals surface area contributed by atoms with Crippen LogP contribution >= 0.6 is 0 Å². The second-order valence-corrected chi connectivity index (χ2v) is 10.4. The van der Waals surface area contributed by atoms with Crippen molar-refractivity contribution in [3.8, 4) is 17.2 Å². The lowest BCUT2D eigenvalue weighted by Crippen LogP contribution is -2.36. The third-order valence-electron chi connectivity index (χ3n) is 7.02. The van der Waals surface area contributed by atoms with Crippen molar-refractivity contribution in [3.63, 3.8) is 0 Å². The fraction of sp³-hybridized carbons (Fsp3) is 0.484. The molecule has 2 atom stereocenters. The van der Waals surface area contributed by atoms with Gasteiger partial charge in [-0.25, -0.2) is 0 Å². The van der Waals surface area contributed by atoms with E-state index in [2.05, 4.69) is 13.8 Å². The van der Waals surface area contributed by atoms with Gasteiger partial charge in [0.25, 0.3) is 11.7 Å². The molecule has 2 fully saturated rings. The van der Waals surface area contributed by atoms with Crippen molar-refractivity contribution in [1.82, 2.24) is 4.90 Å². The average molecular weight is 538 g/mol. The van der Waals surface area contributed by atoms with Crippen molar-refractivity contribution in [2.45, 2.75) is 58.6 Å². The number of hydrogen-bond donors (Lipinski definition) is 1. The van der Waals surface area contributed by atoms with Crippen molar-refractivity contribution in [2.75, 3.05) is 33.5 Å². The zero-order chi connectivity index (χ0) is 27.9. The summed E-state index contributed by atoms with van der Waals surface area (Å²) >= 11 is 0. The molecule has 0 spiro atoms. The Labute approximate surface area is 230 Å². The molecule has 0 saturated carbocycles. The predicted octanol–water partition coefficient (Wildman–Crippen LogP) is 5.51. The number of carbonyl (C=O) groups excluding carboxylic acids is 2. The minimum atomic E-state index is -0.802. The fourth-order valence-electron chi connectivity index (χ4n) is 4.89. The first-order valence-electron chi connectivity index (χ1n) is 13.8. The smallest absolute Gasteiger partial charge is 0.295 e. The summed E-state index contributed by atoms with van der Waals surface area (Å²) in [6.07, 6.45) is 3.32. The van der Waals surface area contributed by atoms with E-state index in [1.807, 2.05) is 13.0 Å². The van der Waals surface area contributed by atoms with E-state index < -0.39 is 17.7 Å². The standard InChI is InChI=1S/C31H39NO7/c1-5-15-37-23-11-8-21(9-12-23)29(33)27-28(32(31(35)30(27)34)19-24-7-6-16-38-24)22-10-13-25(26(18-22)36-4)39-17-14-20(2)3/h8-13,18,20,24,28,33H,5-7,14-17,19H2,1-4H3/t24-,28-/m1/s1. The van der Waals surface area contributed by atoms with Crippen molar-refractivity contribution in [1.29, 1.82) is 0 Å². The third-order valence-corrected chi connectivity index (χ3v) is 7.02. The predicted molar refractivity (Wildman–Crippen MR) is 148 cm³/mol. The number of amides is 1. The topological polar surface area (TPSA) is 94.5 Å². The Morgan fingerprint density at radius 2 is 1.85 bits per heavy atom. The molecule has 1 amide bonds. The Kier molecular flexibility index (Phi) is 9.51. The number of aliphatic hydroxyl groups excluding tert-OH is 1. The van der Waals surface area contributed by atoms with Crippen molar-refractivity contribution < 1.29 is 33.6 Å². The summed E-state index contributed by atoms with van der Waals surface area (Å²) in [5.41, 5.74) is 1.11. The van der Waals surface area contributed by atoms with Gasteiger partial charge in [0, 0.05) is 18.7 Å². The highest BCUT2D eigenvalue weighted by Crippen LogP contribution is 2.42. The van der Waals surface area contributed by atoms with Crippen LogP contribution in [0.3, 0.4) is 0 Å². The number of benzene rings is 2. The SMILES string of the molecule is CCCOc1ccc(C(O)=C2C(=O)C(=O)N(C[C@H]3CCCO3)[C@@H]2c2ccc(OCCC(C)C)c(OC)c2)cc1. The lowest BCUT2D eigenvalue weighted by atomic mass is 9.94. The number of rotatable bonds is 12. The monoisotopic (exact) mass is 537 g/mol. The van der Waals surface area contributed by atoms with Gasteiger partial charge >= 0.3 is 0 Å². The summed E-state index contributed by atoms with van der Waals surface area (Å²) in [7, 11) is 1.56. The van der Waals surface area contributed by atoms with Crippen molar-refractivity contribution in [2.24, 2.45) is 5.92 Å². The molecule has 2 aromatic rings. The Balaban J connectivity index is 1.73. The van der Waals surface area contributed by atoms with E-state index in [0.717, 1.165) is 25.7 Å². The number of hydrogen-bond acceptors (Lipinski definition) is 7. The van der Waals surface area contributed by atoms with Crippen LogP contribution in [0, 0.1) is 5.92 Å². The van der Waals surface area contributed by atoms with Crippen LogP contribution < -0.4 is 14.2 Å². The molecule has 2 heterocycles. The van der Waals surface area contributed by atoms with Gasteiger partial charge in [-0.05, 0) is 73.6 Å². The van der Waals surface area contributed by atoms with Crippen LogP contribution in [-0.2, 0) is 14.3 Å². The first-order chi connectivity index (χ1) is 18.8. The minimum Gasteiger partial charge on any atom is -0.507 e. The second-order valence-electron chi connectivity index (χ2n) is 10.4. The van der Waals surface area contributed by atoms with Crippen LogP contribution in [0.2, 0.25) is 0 Å². The summed E-state index contributed by atoms with van der Waals surface area (Å²) in [5.74, 6) is 0.638. The summed E-state index contributed by atoms with van der Waals surface area (Å²) in [4.78, 5) is 28.2. The van der Waals surface area contributed by atoms with Gasteiger partial charge in [0.2, 0.25) is 0 Å². The van der Waals surface area contributed by atoms with E-state index in [4.69, 9.17) is 18.9 Å². The van der Waals surface area contributed by atoms with Gasteiger partial charge in [-0.3, -0.25) is 9.59 Å². The van der Waals surface area contributed by atoms with E-state index in [9.17, 15) is 14.7 Å². The van der Waals surface area contributed by atoms with Crippen LogP contribution in [0.25, 0.3) is 5.76 Å². The molecule has 4 rings (SSSR count). The van der Waals surface area contributed by atoms with Gasteiger partial charge in [0.15, 0.2) is 11.5 Å². The maximum Gasteiger partial charge on any atom is 0.295 e. The lowest BCUT2D eigenvalue weighted by molar-refractivity contribution is -0.140. The third kappa shape index (κ3) is 6.56. The van der Waals surface area contributed by atoms with Gasteiger partial charge in [-0.2, -0.15) is 0 Å². The van der Waals surface area contributed by atoms with Gasteiger partial charge < -0.3 is 29.0 Å². The normalized spacial score (nSPS) is 20.6. The summed E-state index contributed by atoms with van der Waals surface area (Å²) in [6, 6.07) is 11.5. The van der Waals surface area contributed by atoms with Crippen LogP contribution in [-0.4, -0.2) is 61.3 Å². The minimum absolute atomic E-state index is 0.0377. The molecule has 2 aromatic carbocycles. The molecule has 39 heavy (non-hydrogen) atoms. The number of Topliss-reactive ketones (excluding diaryl/α,β-unsaturated/α-hetero) is 1. The quantitative estimate of drug-likeness (QED) is 0.217. The Morgan fingerprint density at radius 3 is 2.49 bits per heavy atom. The molecule has 8 nitrogen and oxygen atoms in total. The van der Waals surface area contributed by atoms with Crippen LogP contribution in [0.1, 0.15) is 63.6 Å². The van der Waals surface area contributed by atoms with Crippen molar-refractivity contribution >= 4 is 17.4 Å². The van der Waals surface area contributed by atoms with E-state index >= 15 is 0 Å². The van der Waals surface area contributed by atoms with Gasteiger partial charge in [0.05, 0.1) is 38.0 Å². The molecule has 0 bridgehead atoms. The number of likely N-dealkylation sites (tertiary alicyclic amines) is 1. The molecule has 8 heteroatoms. The molecular formula is C31H39NO7. The van der Waals surface area contributed by atoms with Crippen molar-refractivity contribution in [3.05, 3.63) is 59.2 Å². The largest absolute Gasteiger partial charge is 0.507 e. The Bertz CT molecular complexity index is 1180. The Hall–Kier alpha value is -3.52. The number of ether oxygens (including phenoxy) is 4. The molecule has 2 aliphatic heterocycles. The first-order valence-corrected chi connectivity index (χ1v) is 13.8. The maximum atomic E-state index is 13.4. The highest BCUT2D eigenvalue weighted by atomic mass is 16.5. The molecule has 210 valence electrons. The molecule has 0 unspecified atom stereocenters. The Morgan fingerprint density at radius 1 is 1.08 bits per heavy atom. The van der Waals surface area contributed by atoms with E-state index in [-0.39, 0.29) is 24.0 Å². The number of carbonyl (C=O) groups is 2. The average Bonchev–Trinajstić information content (AvgIpc) is 3.54.